The molecule has 3 nitrogen and oxygen atoms in total. The van der Waals surface area contributed by atoms with Crippen molar-refractivity contribution in [3.8, 4) is 0 Å². The molecule has 0 saturated carbocycles. The Balaban J connectivity index is 3.72. The lowest BCUT2D eigenvalue weighted by Gasteiger charge is -2.23. The summed E-state index contributed by atoms with van der Waals surface area (Å²) in [5.74, 6) is 0.307. The molecule has 19 heavy (non-hydrogen) atoms. The highest BCUT2D eigenvalue weighted by atomic mass is 16.2. The van der Waals surface area contributed by atoms with Gasteiger partial charge in [0, 0.05) is 25.0 Å². The summed E-state index contributed by atoms with van der Waals surface area (Å²) in [6.45, 7) is 13.6. The molecule has 0 rings (SSSR count). The predicted octanol–water partition coefficient (Wildman–Crippen LogP) is 3.58. The highest BCUT2D eigenvalue weighted by molar-refractivity contribution is 5.75. The molecule has 1 N–H and O–H groups in total. The normalized spacial score (nSPS) is 11.6. The molecule has 0 atom stereocenters. The van der Waals surface area contributed by atoms with E-state index >= 15 is 0 Å². The molecule has 0 aliphatic rings. The van der Waals surface area contributed by atoms with Gasteiger partial charge < -0.3 is 10.2 Å². The van der Waals surface area contributed by atoms with Gasteiger partial charge in [-0.15, -0.1) is 0 Å². The molecule has 0 aliphatic heterocycles. The lowest BCUT2D eigenvalue weighted by atomic mass is 10.1. The molecule has 0 aromatic heterocycles. The molecule has 0 unspecified atom stereocenters. The van der Waals surface area contributed by atoms with Crippen molar-refractivity contribution in [3.05, 3.63) is 0 Å². The zero-order chi connectivity index (χ0) is 14.7. The zero-order valence-electron chi connectivity index (χ0n) is 13.7. The summed E-state index contributed by atoms with van der Waals surface area (Å²) in [6.07, 6.45) is 6.43. The third-order valence-corrected chi connectivity index (χ3v) is 3.20. The van der Waals surface area contributed by atoms with Crippen molar-refractivity contribution in [2.24, 2.45) is 0 Å². The van der Waals surface area contributed by atoms with E-state index in [9.17, 15) is 4.79 Å². The van der Waals surface area contributed by atoms with Crippen molar-refractivity contribution in [2.45, 2.75) is 78.7 Å². The number of amides is 1. The number of carbonyl (C=O) groups excluding carboxylic acids is 1. The summed E-state index contributed by atoms with van der Waals surface area (Å²) in [5, 5.41) is 3.50. The van der Waals surface area contributed by atoms with Crippen LogP contribution in [-0.4, -0.2) is 36.0 Å². The summed E-state index contributed by atoms with van der Waals surface area (Å²) in [7, 11) is 0. The van der Waals surface area contributed by atoms with Crippen molar-refractivity contribution >= 4 is 5.91 Å². The van der Waals surface area contributed by atoms with Gasteiger partial charge in [0.25, 0.3) is 0 Å². The van der Waals surface area contributed by atoms with E-state index in [-0.39, 0.29) is 5.54 Å². The van der Waals surface area contributed by atoms with Crippen LogP contribution in [0.25, 0.3) is 0 Å². The summed E-state index contributed by atoms with van der Waals surface area (Å²) in [4.78, 5) is 13.8. The Morgan fingerprint density at radius 3 is 2.16 bits per heavy atom. The molecule has 0 fully saturated rings. The molecule has 0 spiro atoms. The lowest BCUT2D eigenvalue weighted by molar-refractivity contribution is -0.131. The molecule has 0 bridgehead atoms. The minimum Gasteiger partial charge on any atom is -0.343 e. The number of hydrogen-bond acceptors (Lipinski definition) is 2. The number of unbranched alkanes of at least 4 members (excludes halogenated alkanes) is 3. The fourth-order valence-electron chi connectivity index (χ4n) is 2.00. The van der Waals surface area contributed by atoms with E-state index in [0.717, 1.165) is 38.9 Å². The number of nitrogens with one attached hydrogen (secondary N) is 1. The van der Waals surface area contributed by atoms with E-state index in [1.165, 1.54) is 12.8 Å². The van der Waals surface area contributed by atoms with E-state index in [1.54, 1.807) is 0 Å². The average Bonchev–Trinajstić information content (AvgIpc) is 2.34. The van der Waals surface area contributed by atoms with Gasteiger partial charge in [0.2, 0.25) is 5.91 Å². The van der Waals surface area contributed by atoms with E-state index < -0.39 is 0 Å². The van der Waals surface area contributed by atoms with Crippen LogP contribution in [0.1, 0.15) is 73.1 Å². The molecule has 0 aromatic rings. The third-order valence-electron chi connectivity index (χ3n) is 3.20. The fourth-order valence-corrected chi connectivity index (χ4v) is 2.00. The Morgan fingerprint density at radius 1 is 1.00 bits per heavy atom. The van der Waals surface area contributed by atoms with Gasteiger partial charge in [0.05, 0.1) is 0 Å². The largest absolute Gasteiger partial charge is 0.343 e. The minimum atomic E-state index is 0.214. The molecule has 0 aromatic carbocycles. The third kappa shape index (κ3) is 11.0. The number of nitrogens with zero attached hydrogens (tertiary/aromatic N) is 1. The smallest absolute Gasteiger partial charge is 0.222 e. The molecule has 0 saturated heterocycles. The van der Waals surface area contributed by atoms with Gasteiger partial charge in [-0.05, 0) is 46.6 Å². The first-order valence-electron chi connectivity index (χ1n) is 7.93. The van der Waals surface area contributed by atoms with Gasteiger partial charge in [-0.2, -0.15) is 0 Å². The summed E-state index contributed by atoms with van der Waals surface area (Å²) < 4.78 is 0. The Labute approximate surface area is 120 Å². The van der Waals surface area contributed by atoms with Crippen LogP contribution in [0.3, 0.4) is 0 Å². The second-order valence-corrected chi connectivity index (χ2v) is 6.33. The summed E-state index contributed by atoms with van der Waals surface area (Å²) in [5.41, 5.74) is 0.214. The number of rotatable bonds is 10. The fraction of sp³-hybridized carbons (Fsp3) is 0.938. The topological polar surface area (TPSA) is 32.3 Å². The van der Waals surface area contributed by atoms with Gasteiger partial charge in [-0.1, -0.05) is 26.7 Å². The molecule has 0 heterocycles. The molecule has 114 valence electrons. The summed E-state index contributed by atoms with van der Waals surface area (Å²) >= 11 is 0. The van der Waals surface area contributed by atoms with E-state index in [4.69, 9.17) is 0 Å². The molecule has 3 heteroatoms. The Morgan fingerprint density at radius 2 is 1.63 bits per heavy atom. The second-order valence-electron chi connectivity index (χ2n) is 6.33. The first-order valence-corrected chi connectivity index (χ1v) is 7.93. The predicted molar refractivity (Wildman–Crippen MR) is 83.4 cm³/mol. The quantitative estimate of drug-likeness (QED) is 0.615. The van der Waals surface area contributed by atoms with E-state index in [2.05, 4.69) is 33.0 Å². The standard InChI is InChI=1S/C16H34N2O/c1-6-8-13-18(15(19)7-2)14-11-9-10-12-17-16(3,4)5/h17H,6-14H2,1-5H3. The maximum Gasteiger partial charge on any atom is 0.222 e. The molecule has 0 aliphatic carbocycles. The highest BCUT2D eigenvalue weighted by Crippen LogP contribution is 2.04. The van der Waals surface area contributed by atoms with Crippen molar-refractivity contribution in [2.75, 3.05) is 19.6 Å². The van der Waals surface area contributed by atoms with Gasteiger partial charge in [-0.25, -0.2) is 0 Å². The Hall–Kier alpha value is -0.570. The minimum absolute atomic E-state index is 0.214. The van der Waals surface area contributed by atoms with Crippen LogP contribution in [0.5, 0.6) is 0 Å². The van der Waals surface area contributed by atoms with Crippen LogP contribution >= 0.6 is 0 Å². The molecular formula is C16H34N2O. The Bertz CT molecular complexity index is 233. The zero-order valence-corrected chi connectivity index (χ0v) is 13.7. The average molecular weight is 270 g/mol. The van der Waals surface area contributed by atoms with Crippen LogP contribution in [0, 0.1) is 0 Å². The first kappa shape index (κ1) is 18.4. The SMILES string of the molecule is CCCCN(CCCCCNC(C)(C)C)C(=O)CC. The lowest BCUT2D eigenvalue weighted by Crippen LogP contribution is -2.36. The first-order chi connectivity index (χ1) is 8.90. The molecule has 1 amide bonds. The Kier molecular flexibility index (Phi) is 9.94. The van der Waals surface area contributed by atoms with Gasteiger partial charge in [0.15, 0.2) is 0 Å². The maximum atomic E-state index is 11.8. The van der Waals surface area contributed by atoms with E-state index in [1.807, 2.05) is 11.8 Å². The van der Waals surface area contributed by atoms with Gasteiger partial charge >= 0.3 is 0 Å². The van der Waals surface area contributed by atoms with Crippen molar-refractivity contribution in [1.29, 1.82) is 0 Å². The van der Waals surface area contributed by atoms with Crippen molar-refractivity contribution in [1.82, 2.24) is 10.2 Å². The number of hydrogen-bond donors (Lipinski definition) is 1. The van der Waals surface area contributed by atoms with Crippen molar-refractivity contribution in [3.63, 3.8) is 0 Å². The van der Waals surface area contributed by atoms with Crippen LogP contribution in [0.15, 0.2) is 0 Å². The monoisotopic (exact) mass is 270 g/mol. The molecule has 0 radical (unpaired) electrons. The summed E-state index contributed by atoms with van der Waals surface area (Å²) in [6, 6.07) is 0. The highest BCUT2D eigenvalue weighted by Gasteiger charge is 2.10. The number of carbonyl (C=O) groups is 1. The van der Waals surface area contributed by atoms with Crippen molar-refractivity contribution < 1.29 is 4.79 Å². The van der Waals surface area contributed by atoms with E-state index in [0.29, 0.717) is 12.3 Å². The van der Waals surface area contributed by atoms with Gasteiger partial charge in [-0.3, -0.25) is 4.79 Å². The van der Waals surface area contributed by atoms with Crippen LogP contribution in [-0.2, 0) is 4.79 Å². The molecular weight excluding hydrogens is 236 g/mol. The van der Waals surface area contributed by atoms with Gasteiger partial charge in [0.1, 0.15) is 0 Å². The maximum absolute atomic E-state index is 11.8. The van der Waals surface area contributed by atoms with Crippen LogP contribution in [0.2, 0.25) is 0 Å². The van der Waals surface area contributed by atoms with Crippen LogP contribution in [0.4, 0.5) is 0 Å². The second kappa shape index (κ2) is 10.2. The van der Waals surface area contributed by atoms with Crippen LogP contribution < -0.4 is 5.32 Å².